The van der Waals surface area contributed by atoms with Crippen molar-refractivity contribution in [3.05, 3.63) is 24.3 Å². The molecule has 6 heteroatoms. The number of rotatable bonds is 5. The van der Waals surface area contributed by atoms with Crippen molar-refractivity contribution in [3.8, 4) is 11.5 Å². The Kier molecular flexibility index (Phi) is 4.81. The summed E-state index contributed by atoms with van der Waals surface area (Å²) in [4.78, 5) is 23.1. The predicted molar refractivity (Wildman–Crippen MR) is 70.6 cm³/mol. The summed E-state index contributed by atoms with van der Waals surface area (Å²) in [6, 6.07) is 7.07. The van der Waals surface area contributed by atoms with Gasteiger partial charge in [-0.25, -0.2) is 4.79 Å². The van der Waals surface area contributed by atoms with Gasteiger partial charge in [-0.1, -0.05) is 19.1 Å². The van der Waals surface area contributed by atoms with Gasteiger partial charge in [-0.05, 0) is 18.6 Å². The molecule has 20 heavy (non-hydrogen) atoms. The minimum absolute atomic E-state index is 0.0758. The largest absolute Gasteiger partial charge is 0.485 e. The molecule has 2 rings (SSSR count). The Labute approximate surface area is 117 Å². The molecule has 1 aromatic carbocycles. The van der Waals surface area contributed by atoms with Gasteiger partial charge in [-0.2, -0.15) is 0 Å². The molecule has 1 aromatic rings. The molecule has 1 aliphatic rings. The standard InChI is InChI=1S/C14H17NO5/c1-2-7-15-13(16)9-19-14(17)12-8-18-10-5-3-4-6-11(10)20-12/h3-6,12H,2,7-9H2,1H3,(H,15,16)/t12-/m0/s1. The molecule has 1 N–H and O–H groups in total. The van der Waals surface area contributed by atoms with Crippen LogP contribution in [-0.4, -0.2) is 37.7 Å². The fraction of sp³-hybridized carbons (Fsp3) is 0.429. The third-order valence-corrected chi connectivity index (χ3v) is 2.69. The highest BCUT2D eigenvalue weighted by molar-refractivity contribution is 5.82. The van der Waals surface area contributed by atoms with E-state index in [-0.39, 0.29) is 19.1 Å². The van der Waals surface area contributed by atoms with Crippen molar-refractivity contribution < 1.29 is 23.8 Å². The van der Waals surface area contributed by atoms with Crippen LogP contribution >= 0.6 is 0 Å². The Morgan fingerprint density at radius 1 is 1.35 bits per heavy atom. The number of fused-ring (bicyclic) bond motifs is 1. The smallest absolute Gasteiger partial charge is 0.351 e. The first kappa shape index (κ1) is 14.2. The average molecular weight is 279 g/mol. The van der Waals surface area contributed by atoms with E-state index in [0.29, 0.717) is 18.0 Å². The maximum Gasteiger partial charge on any atom is 0.351 e. The summed E-state index contributed by atoms with van der Waals surface area (Å²) < 4.78 is 15.8. The number of carbonyl (C=O) groups excluding carboxylic acids is 2. The zero-order chi connectivity index (χ0) is 14.4. The van der Waals surface area contributed by atoms with Gasteiger partial charge in [0.15, 0.2) is 18.1 Å². The second-order valence-corrected chi connectivity index (χ2v) is 4.32. The number of ether oxygens (including phenoxy) is 3. The summed E-state index contributed by atoms with van der Waals surface area (Å²) in [6.07, 6.45) is -0.0142. The van der Waals surface area contributed by atoms with Crippen molar-refractivity contribution >= 4 is 11.9 Å². The van der Waals surface area contributed by atoms with E-state index in [9.17, 15) is 9.59 Å². The van der Waals surface area contributed by atoms with Crippen LogP contribution in [0.4, 0.5) is 0 Å². The van der Waals surface area contributed by atoms with Crippen LogP contribution in [0.1, 0.15) is 13.3 Å². The first-order chi connectivity index (χ1) is 9.70. The summed E-state index contributed by atoms with van der Waals surface area (Å²) in [5.74, 6) is 0.164. The molecule has 0 radical (unpaired) electrons. The minimum atomic E-state index is -0.844. The number of carbonyl (C=O) groups is 2. The van der Waals surface area contributed by atoms with E-state index in [1.165, 1.54) is 0 Å². The van der Waals surface area contributed by atoms with Gasteiger partial charge >= 0.3 is 5.97 Å². The van der Waals surface area contributed by atoms with Crippen LogP contribution in [0, 0.1) is 0 Å². The van der Waals surface area contributed by atoms with Crippen LogP contribution in [0.15, 0.2) is 24.3 Å². The van der Waals surface area contributed by atoms with Crippen LogP contribution < -0.4 is 14.8 Å². The fourth-order valence-electron chi connectivity index (χ4n) is 1.68. The quantitative estimate of drug-likeness (QED) is 0.810. The highest BCUT2D eigenvalue weighted by Gasteiger charge is 2.28. The zero-order valence-electron chi connectivity index (χ0n) is 11.3. The Morgan fingerprint density at radius 2 is 2.10 bits per heavy atom. The number of esters is 1. The topological polar surface area (TPSA) is 73.9 Å². The predicted octanol–water partition coefficient (Wildman–Crippen LogP) is 0.896. The number of hydrogen-bond acceptors (Lipinski definition) is 5. The molecule has 0 saturated carbocycles. The van der Waals surface area contributed by atoms with Crippen LogP contribution in [0.3, 0.4) is 0 Å². The average Bonchev–Trinajstić information content (AvgIpc) is 2.50. The van der Waals surface area contributed by atoms with Gasteiger partial charge in [-0.15, -0.1) is 0 Å². The van der Waals surface area contributed by atoms with Crippen molar-refractivity contribution in [2.24, 2.45) is 0 Å². The molecule has 1 aliphatic heterocycles. The van der Waals surface area contributed by atoms with E-state index < -0.39 is 12.1 Å². The molecule has 0 bridgehead atoms. The maximum absolute atomic E-state index is 11.8. The molecule has 1 atom stereocenters. The fourth-order valence-corrected chi connectivity index (χ4v) is 1.68. The Morgan fingerprint density at radius 3 is 2.85 bits per heavy atom. The normalized spacial score (nSPS) is 16.4. The molecule has 0 unspecified atom stereocenters. The first-order valence-electron chi connectivity index (χ1n) is 6.52. The maximum atomic E-state index is 11.8. The summed E-state index contributed by atoms with van der Waals surface area (Å²) in [5, 5.41) is 2.62. The van der Waals surface area contributed by atoms with Crippen LogP contribution in [0.5, 0.6) is 11.5 Å². The highest BCUT2D eigenvalue weighted by atomic mass is 16.6. The van der Waals surface area contributed by atoms with E-state index in [2.05, 4.69) is 5.32 Å². The van der Waals surface area contributed by atoms with Gasteiger partial charge in [0.1, 0.15) is 6.61 Å². The van der Waals surface area contributed by atoms with Gasteiger partial charge in [-0.3, -0.25) is 4.79 Å². The summed E-state index contributed by atoms with van der Waals surface area (Å²) in [7, 11) is 0. The van der Waals surface area contributed by atoms with Gasteiger partial charge in [0.05, 0.1) is 0 Å². The van der Waals surface area contributed by atoms with E-state index in [1.807, 2.05) is 13.0 Å². The number of para-hydroxylation sites is 2. The van der Waals surface area contributed by atoms with Crippen molar-refractivity contribution in [2.75, 3.05) is 19.8 Å². The van der Waals surface area contributed by atoms with Crippen LogP contribution in [0.2, 0.25) is 0 Å². The third kappa shape index (κ3) is 3.63. The second kappa shape index (κ2) is 6.79. The van der Waals surface area contributed by atoms with Gasteiger partial charge in [0.2, 0.25) is 6.10 Å². The lowest BCUT2D eigenvalue weighted by Gasteiger charge is -2.24. The number of benzene rings is 1. The monoisotopic (exact) mass is 279 g/mol. The SMILES string of the molecule is CCCNC(=O)COC(=O)[C@@H]1COc2ccccc2O1. The summed E-state index contributed by atoms with van der Waals surface area (Å²) in [6.45, 7) is 2.27. The Bertz CT molecular complexity index is 488. The number of hydrogen-bond donors (Lipinski definition) is 1. The zero-order valence-corrected chi connectivity index (χ0v) is 11.3. The molecule has 0 aromatic heterocycles. The van der Waals surface area contributed by atoms with E-state index in [0.717, 1.165) is 6.42 Å². The van der Waals surface area contributed by atoms with Crippen molar-refractivity contribution in [1.82, 2.24) is 5.32 Å². The molecule has 108 valence electrons. The molecule has 0 spiro atoms. The van der Waals surface area contributed by atoms with Crippen molar-refractivity contribution in [1.29, 1.82) is 0 Å². The molecule has 0 aliphatic carbocycles. The van der Waals surface area contributed by atoms with Gasteiger partial charge < -0.3 is 19.5 Å². The van der Waals surface area contributed by atoms with Crippen molar-refractivity contribution in [3.63, 3.8) is 0 Å². The van der Waals surface area contributed by atoms with Crippen LogP contribution in [-0.2, 0) is 14.3 Å². The van der Waals surface area contributed by atoms with Crippen LogP contribution in [0.25, 0.3) is 0 Å². The third-order valence-electron chi connectivity index (χ3n) is 2.69. The van der Waals surface area contributed by atoms with Gasteiger partial charge in [0, 0.05) is 6.54 Å². The molecule has 1 amide bonds. The molecular formula is C14H17NO5. The van der Waals surface area contributed by atoms with E-state index in [1.54, 1.807) is 18.2 Å². The molecule has 6 nitrogen and oxygen atoms in total. The van der Waals surface area contributed by atoms with Crippen molar-refractivity contribution in [2.45, 2.75) is 19.4 Å². The molecule has 0 saturated heterocycles. The van der Waals surface area contributed by atoms with E-state index >= 15 is 0 Å². The van der Waals surface area contributed by atoms with E-state index in [4.69, 9.17) is 14.2 Å². The number of nitrogens with one attached hydrogen (secondary N) is 1. The summed E-state index contributed by atoms with van der Waals surface area (Å²) >= 11 is 0. The molecular weight excluding hydrogens is 262 g/mol. The first-order valence-corrected chi connectivity index (χ1v) is 6.52. The molecule has 0 fully saturated rings. The lowest BCUT2D eigenvalue weighted by atomic mass is 10.2. The summed E-state index contributed by atoms with van der Waals surface area (Å²) in [5.41, 5.74) is 0. The second-order valence-electron chi connectivity index (χ2n) is 4.32. The Balaban J connectivity index is 1.81. The van der Waals surface area contributed by atoms with Gasteiger partial charge in [0.25, 0.3) is 5.91 Å². The highest BCUT2D eigenvalue weighted by Crippen LogP contribution is 2.30. The Hall–Kier alpha value is -2.24. The lowest BCUT2D eigenvalue weighted by Crippen LogP contribution is -2.39. The number of amides is 1. The lowest BCUT2D eigenvalue weighted by molar-refractivity contribution is -0.157. The minimum Gasteiger partial charge on any atom is -0.485 e. The molecule has 1 heterocycles.